The molecule has 1 aromatic carbocycles. The number of H-pyrrole nitrogens is 1. The highest BCUT2D eigenvalue weighted by atomic mass is 16.5. The van der Waals surface area contributed by atoms with Gasteiger partial charge in [0.1, 0.15) is 5.82 Å². The van der Waals surface area contributed by atoms with E-state index >= 15 is 0 Å². The van der Waals surface area contributed by atoms with Crippen LogP contribution in [0.25, 0.3) is 11.1 Å². The van der Waals surface area contributed by atoms with Crippen LogP contribution < -0.4 is 10.5 Å². The normalized spacial score (nSPS) is 10.4. The van der Waals surface area contributed by atoms with Gasteiger partial charge in [0.15, 0.2) is 11.5 Å². The Balaban J connectivity index is 2.66. The van der Waals surface area contributed by atoms with Gasteiger partial charge in [0.2, 0.25) is 0 Å². The largest absolute Gasteiger partial charge is 0.504 e. The van der Waals surface area contributed by atoms with E-state index in [0.29, 0.717) is 17.1 Å². The van der Waals surface area contributed by atoms with Crippen LogP contribution >= 0.6 is 0 Å². The van der Waals surface area contributed by atoms with E-state index in [1.165, 1.54) is 7.11 Å². The molecule has 0 spiro atoms. The molecule has 0 unspecified atom stereocenters. The van der Waals surface area contributed by atoms with Gasteiger partial charge >= 0.3 is 0 Å². The molecule has 4 N–H and O–H groups in total. The monoisotopic (exact) mass is 219 g/mol. The summed E-state index contributed by atoms with van der Waals surface area (Å²) in [6, 6.07) is 3.65. The Morgan fingerprint density at radius 1 is 1.38 bits per heavy atom. The SMILES string of the molecule is COc1c(-c2cn[nH]c2N)ccc(C)c1O. The van der Waals surface area contributed by atoms with Crippen LogP contribution in [0.4, 0.5) is 5.82 Å². The van der Waals surface area contributed by atoms with Gasteiger partial charge in [-0.2, -0.15) is 5.10 Å². The molecule has 0 atom stereocenters. The van der Waals surface area contributed by atoms with Gasteiger partial charge in [-0.25, -0.2) is 0 Å². The third kappa shape index (κ3) is 1.46. The average Bonchev–Trinajstić information content (AvgIpc) is 2.68. The molecule has 0 saturated heterocycles. The molecule has 0 aliphatic carbocycles. The number of nitrogens with two attached hydrogens (primary N) is 1. The van der Waals surface area contributed by atoms with E-state index < -0.39 is 0 Å². The van der Waals surface area contributed by atoms with Gasteiger partial charge in [0.25, 0.3) is 0 Å². The maximum atomic E-state index is 9.87. The molecule has 1 aromatic heterocycles. The maximum absolute atomic E-state index is 9.87. The number of nitrogen functional groups attached to an aromatic ring is 1. The average molecular weight is 219 g/mol. The predicted molar refractivity (Wildman–Crippen MR) is 61.4 cm³/mol. The number of aryl methyl sites for hydroxylation is 1. The number of aromatic amines is 1. The smallest absolute Gasteiger partial charge is 0.168 e. The number of hydrogen-bond acceptors (Lipinski definition) is 4. The van der Waals surface area contributed by atoms with E-state index in [4.69, 9.17) is 10.5 Å². The lowest BCUT2D eigenvalue weighted by Gasteiger charge is -2.11. The fourth-order valence-electron chi connectivity index (χ4n) is 1.60. The third-order valence-corrected chi connectivity index (χ3v) is 2.50. The van der Waals surface area contributed by atoms with Crippen LogP contribution in [0.2, 0.25) is 0 Å². The van der Waals surface area contributed by atoms with Crippen LogP contribution in [0.5, 0.6) is 11.5 Å². The topological polar surface area (TPSA) is 84.2 Å². The standard InChI is InChI=1S/C11H13N3O2/c1-6-3-4-7(10(16-2)9(6)15)8-5-13-14-11(8)12/h3-5,15H,1-2H3,(H3,12,13,14). The molecule has 0 amide bonds. The van der Waals surface area contributed by atoms with Crippen LogP contribution in [0.3, 0.4) is 0 Å². The molecule has 0 bridgehead atoms. The second-order valence-corrected chi connectivity index (χ2v) is 3.51. The summed E-state index contributed by atoms with van der Waals surface area (Å²) < 4.78 is 5.19. The van der Waals surface area contributed by atoms with E-state index in [-0.39, 0.29) is 5.75 Å². The third-order valence-electron chi connectivity index (χ3n) is 2.50. The molecule has 5 nitrogen and oxygen atoms in total. The van der Waals surface area contributed by atoms with E-state index in [0.717, 1.165) is 11.1 Å². The Bertz CT molecular complexity index is 520. The molecular weight excluding hydrogens is 206 g/mol. The lowest BCUT2D eigenvalue weighted by molar-refractivity contribution is 0.373. The van der Waals surface area contributed by atoms with Gasteiger partial charge in [-0.05, 0) is 18.6 Å². The highest BCUT2D eigenvalue weighted by Crippen LogP contribution is 2.40. The number of rotatable bonds is 2. The van der Waals surface area contributed by atoms with E-state index in [2.05, 4.69) is 10.2 Å². The molecular formula is C11H13N3O2. The fraction of sp³-hybridized carbons (Fsp3) is 0.182. The summed E-state index contributed by atoms with van der Waals surface area (Å²) in [5.41, 5.74) is 7.92. The molecule has 0 aliphatic rings. The molecule has 0 aliphatic heterocycles. The number of methoxy groups -OCH3 is 1. The van der Waals surface area contributed by atoms with Crippen molar-refractivity contribution < 1.29 is 9.84 Å². The number of benzene rings is 1. The van der Waals surface area contributed by atoms with Crippen LogP contribution in [-0.2, 0) is 0 Å². The van der Waals surface area contributed by atoms with Crippen molar-refractivity contribution in [3.8, 4) is 22.6 Å². The summed E-state index contributed by atoms with van der Waals surface area (Å²) in [5.74, 6) is 0.982. The molecule has 16 heavy (non-hydrogen) atoms. The van der Waals surface area contributed by atoms with Crippen LogP contribution in [0.15, 0.2) is 18.3 Å². The summed E-state index contributed by atoms with van der Waals surface area (Å²) in [6.07, 6.45) is 1.60. The highest BCUT2D eigenvalue weighted by molar-refractivity contribution is 5.80. The first kappa shape index (κ1) is 10.4. The zero-order valence-electron chi connectivity index (χ0n) is 9.11. The van der Waals surface area contributed by atoms with Crippen molar-refractivity contribution in [1.82, 2.24) is 10.2 Å². The number of hydrogen-bond donors (Lipinski definition) is 3. The Morgan fingerprint density at radius 3 is 2.69 bits per heavy atom. The zero-order chi connectivity index (χ0) is 11.7. The molecule has 0 saturated carbocycles. The first-order valence-corrected chi connectivity index (χ1v) is 4.81. The lowest BCUT2D eigenvalue weighted by atomic mass is 10.0. The van der Waals surface area contributed by atoms with Crippen molar-refractivity contribution in [3.05, 3.63) is 23.9 Å². The predicted octanol–water partition coefficient (Wildman–Crippen LogP) is 1.68. The molecule has 0 radical (unpaired) electrons. The highest BCUT2D eigenvalue weighted by Gasteiger charge is 2.15. The number of anilines is 1. The van der Waals surface area contributed by atoms with Crippen LogP contribution in [0, 0.1) is 6.92 Å². The fourth-order valence-corrected chi connectivity index (χ4v) is 1.60. The molecule has 1 heterocycles. The van der Waals surface area contributed by atoms with E-state index in [1.807, 2.05) is 6.07 Å². The zero-order valence-corrected chi connectivity index (χ0v) is 9.11. The van der Waals surface area contributed by atoms with E-state index in [9.17, 15) is 5.11 Å². The van der Waals surface area contributed by atoms with Crippen molar-refractivity contribution in [1.29, 1.82) is 0 Å². The number of phenolic OH excluding ortho intramolecular Hbond substituents is 1. The van der Waals surface area contributed by atoms with Gasteiger partial charge in [-0.3, -0.25) is 5.10 Å². The van der Waals surface area contributed by atoms with Crippen molar-refractivity contribution in [2.45, 2.75) is 6.92 Å². The van der Waals surface area contributed by atoms with Crippen molar-refractivity contribution >= 4 is 5.82 Å². The van der Waals surface area contributed by atoms with Crippen LogP contribution in [0.1, 0.15) is 5.56 Å². The van der Waals surface area contributed by atoms with Crippen LogP contribution in [-0.4, -0.2) is 22.4 Å². The number of phenols is 1. The summed E-state index contributed by atoms with van der Waals surface area (Å²) in [4.78, 5) is 0. The van der Waals surface area contributed by atoms with Gasteiger partial charge in [-0.1, -0.05) is 6.07 Å². The van der Waals surface area contributed by atoms with E-state index in [1.54, 1.807) is 19.2 Å². The van der Waals surface area contributed by atoms with Gasteiger partial charge in [0, 0.05) is 11.1 Å². The second-order valence-electron chi connectivity index (χ2n) is 3.51. The quantitative estimate of drug-likeness (QED) is 0.717. The minimum absolute atomic E-state index is 0.126. The lowest BCUT2D eigenvalue weighted by Crippen LogP contribution is -1.93. The van der Waals surface area contributed by atoms with Crippen molar-refractivity contribution in [2.24, 2.45) is 0 Å². The summed E-state index contributed by atoms with van der Waals surface area (Å²) in [7, 11) is 1.51. The van der Waals surface area contributed by atoms with Gasteiger partial charge in [-0.15, -0.1) is 0 Å². The Labute approximate surface area is 92.9 Å². The Morgan fingerprint density at radius 2 is 2.12 bits per heavy atom. The van der Waals surface area contributed by atoms with Crippen molar-refractivity contribution in [3.63, 3.8) is 0 Å². The van der Waals surface area contributed by atoms with Gasteiger partial charge in [0.05, 0.1) is 13.3 Å². The molecule has 84 valence electrons. The first-order chi connectivity index (χ1) is 7.65. The minimum Gasteiger partial charge on any atom is -0.504 e. The Kier molecular flexibility index (Phi) is 2.44. The number of aromatic hydroxyl groups is 1. The minimum atomic E-state index is 0.126. The molecule has 0 fully saturated rings. The summed E-state index contributed by atoms with van der Waals surface area (Å²) in [6.45, 7) is 1.81. The number of nitrogens with zero attached hydrogens (tertiary/aromatic N) is 1. The molecule has 2 rings (SSSR count). The molecule has 5 heteroatoms. The summed E-state index contributed by atoms with van der Waals surface area (Å²) >= 11 is 0. The number of ether oxygens (including phenoxy) is 1. The second kappa shape index (κ2) is 3.77. The first-order valence-electron chi connectivity index (χ1n) is 4.81. The number of aromatic nitrogens is 2. The van der Waals surface area contributed by atoms with Gasteiger partial charge < -0.3 is 15.6 Å². The summed E-state index contributed by atoms with van der Waals surface area (Å²) in [5, 5.41) is 16.4. The maximum Gasteiger partial charge on any atom is 0.168 e. The number of nitrogens with one attached hydrogen (secondary N) is 1. The Hall–Kier alpha value is -2.17. The van der Waals surface area contributed by atoms with Crippen molar-refractivity contribution in [2.75, 3.05) is 12.8 Å². The molecule has 2 aromatic rings.